The van der Waals surface area contributed by atoms with Crippen LogP contribution in [-0.4, -0.2) is 18.3 Å². The Morgan fingerprint density at radius 1 is 1.50 bits per heavy atom. The molecule has 1 aromatic rings. The Morgan fingerprint density at radius 3 is 3.00 bits per heavy atom. The average molecular weight is 288 g/mol. The van der Waals surface area contributed by atoms with Crippen molar-refractivity contribution in [1.29, 1.82) is 0 Å². The summed E-state index contributed by atoms with van der Waals surface area (Å²) in [5.41, 5.74) is 0. The Hall–Kier alpha value is -0.540. The van der Waals surface area contributed by atoms with Gasteiger partial charge >= 0.3 is 0 Å². The summed E-state index contributed by atoms with van der Waals surface area (Å²) in [6.07, 6.45) is 4.67. The number of alkyl halides is 1. The maximum absolute atomic E-state index is 11.6. The fourth-order valence-electron chi connectivity index (χ4n) is 1.72. The highest BCUT2D eigenvalue weighted by Crippen LogP contribution is 2.11. The first kappa shape index (κ1) is 15.5. The first-order chi connectivity index (χ1) is 8.72. The van der Waals surface area contributed by atoms with Crippen molar-refractivity contribution < 1.29 is 4.79 Å². The van der Waals surface area contributed by atoms with E-state index in [4.69, 9.17) is 11.6 Å². The van der Waals surface area contributed by atoms with Crippen molar-refractivity contribution in [2.45, 2.75) is 39.0 Å². The Bertz CT molecular complexity index is 327. The molecule has 1 aromatic heterocycles. The van der Waals surface area contributed by atoms with Gasteiger partial charge in [0.25, 0.3) is 0 Å². The molecular formula is C14H22ClNOS. The number of halogens is 1. The van der Waals surface area contributed by atoms with Crippen LogP contribution in [0.15, 0.2) is 17.5 Å². The van der Waals surface area contributed by atoms with Gasteiger partial charge in [0.05, 0.1) is 0 Å². The lowest BCUT2D eigenvalue weighted by Gasteiger charge is -2.08. The van der Waals surface area contributed by atoms with E-state index in [2.05, 4.69) is 29.8 Å². The standard InChI is InChI=1S/C14H22ClNOS/c1-12(11-15)5-3-9-16-14(17)8-2-6-13-7-4-10-18-13/h4,7,10,12H,2-3,5-6,8-9,11H2,1H3,(H,16,17). The number of nitrogens with one attached hydrogen (secondary N) is 1. The van der Waals surface area contributed by atoms with E-state index in [0.717, 1.165) is 32.2 Å². The van der Waals surface area contributed by atoms with Crippen molar-refractivity contribution in [3.63, 3.8) is 0 Å². The highest BCUT2D eigenvalue weighted by atomic mass is 35.5. The number of carbonyl (C=O) groups is 1. The van der Waals surface area contributed by atoms with E-state index in [0.29, 0.717) is 18.2 Å². The molecule has 18 heavy (non-hydrogen) atoms. The molecule has 0 saturated carbocycles. The summed E-state index contributed by atoms with van der Waals surface area (Å²) < 4.78 is 0. The molecule has 0 fully saturated rings. The molecule has 0 saturated heterocycles. The van der Waals surface area contributed by atoms with E-state index in [1.165, 1.54) is 4.88 Å². The van der Waals surface area contributed by atoms with Crippen LogP contribution in [-0.2, 0) is 11.2 Å². The van der Waals surface area contributed by atoms with Crippen molar-refractivity contribution in [3.8, 4) is 0 Å². The lowest BCUT2D eigenvalue weighted by atomic mass is 10.1. The van der Waals surface area contributed by atoms with Gasteiger partial charge in [-0.1, -0.05) is 13.0 Å². The molecule has 0 aliphatic heterocycles. The van der Waals surface area contributed by atoms with Gasteiger partial charge in [-0.15, -0.1) is 22.9 Å². The van der Waals surface area contributed by atoms with Crippen molar-refractivity contribution >= 4 is 28.8 Å². The van der Waals surface area contributed by atoms with E-state index in [1.54, 1.807) is 11.3 Å². The molecule has 0 aromatic carbocycles. The zero-order valence-corrected chi connectivity index (χ0v) is 12.5. The summed E-state index contributed by atoms with van der Waals surface area (Å²) in [6.45, 7) is 2.91. The third kappa shape index (κ3) is 7.02. The van der Waals surface area contributed by atoms with Gasteiger partial charge in [-0.3, -0.25) is 4.79 Å². The Kier molecular flexibility index (Phi) is 8.10. The first-order valence-corrected chi connectivity index (χ1v) is 7.99. The number of hydrogen-bond acceptors (Lipinski definition) is 2. The molecule has 0 bridgehead atoms. The van der Waals surface area contributed by atoms with Gasteiger partial charge in [0.15, 0.2) is 0 Å². The van der Waals surface area contributed by atoms with E-state index >= 15 is 0 Å². The zero-order chi connectivity index (χ0) is 13.2. The van der Waals surface area contributed by atoms with Crippen molar-refractivity contribution in [2.24, 2.45) is 5.92 Å². The minimum absolute atomic E-state index is 0.171. The summed E-state index contributed by atoms with van der Waals surface area (Å²) >= 11 is 7.48. The highest BCUT2D eigenvalue weighted by molar-refractivity contribution is 7.09. The molecule has 4 heteroatoms. The van der Waals surface area contributed by atoms with Gasteiger partial charge < -0.3 is 5.32 Å². The van der Waals surface area contributed by atoms with Crippen LogP contribution < -0.4 is 5.32 Å². The third-order valence-corrected chi connectivity index (χ3v) is 4.33. The van der Waals surface area contributed by atoms with Crippen LogP contribution in [0.4, 0.5) is 0 Å². The van der Waals surface area contributed by atoms with E-state index in [-0.39, 0.29) is 5.91 Å². The number of hydrogen-bond donors (Lipinski definition) is 1. The lowest BCUT2D eigenvalue weighted by Crippen LogP contribution is -2.24. The fraction of sp³-hybridized carbons (Fsp3) is 0.643. The second-order valence-corrected chi connectivity index (χ2v) is 6.03. The van der Waals surface area contributed by atoms with Crippen molar-refractivity contribution in [3.05, 3.63) is 22.4 Å². The van der Waals surface area contributed by atoms with Crippen LogP contribution in [0.5, 0.6) is 0 Å². The van der Waals surface area contributed by atoms with Gasteiger partial charge in [0.1, 0.15) is 0 Å². The van der Waals surface area contributed by atoms with Gasteiger partial charge in [-0.05, 0) is 43.0 Å². The SMILES string of the molecule is CC(CCl)CCCNC(=O)CCCc1cccs1. The molecular weight excluding hydrogens is 266 g/mol. The normalized spacial score (nSPS) is 12.3. The molecule has 1 N–H and O–H groups in total. The minimum atomic E-state index is 0.171. The molecule has 1 atom stereocenters. The van der Waals surface area contributed by atoms with Crippen LogP contribution >= 0.6 is 22.9 Å². The Balaban J connectivity index is 1.97. The molecule has 102 valence electrons. The molecule has 1 unspecified atom stereocenters. The van der Waals surface area contributed by atoms with E-state index in [1.807, 2.05) is 0 Å². The maximum atomic E-state index is 11.6. The van der Waals surface area contributed by atoms with Crippen LogP contribution in [0.3, 0.4) is 0 Å². The van der Waals surface area contributed by atoms with Crippen molar-refractivity contribution in [1.82, 2.24) is 5.32 Å². The largest absolute Gasteiger partial charge is 0.356 e. The number of carbonyl (C=O) groups excluding carboxylic acids is 1. The number of amides is 1. The van der Waals surface area contributed by atoms with Gasteiger partial charge in [0, 0.05) is 23.7 Å². The smallest absolute Gasteiger partial charge is 0.220 e. The molecule has 0 aliphatic carbocycles. The Morgan fingerprint density at radius 2 is 2.33 bits per heavy atom. The third-order valence-electron chi connectivity index (χ3n) is 2.87. The van der Waals surface area contributed by atoms with Crippen LogP contribution in [0.25, 0.3) is 0 Å². The topological polar surface area (TPSA) is 29.1 Å². The monoisotopic (exact) mass is 287 g/mol. The zero-order valence-electron chi connectivity index (χ0n) is 11.0. The summed E-state index contributed by atoms with van der Waals surface area (Å²) in [7, 11) is 0. The average Bonchev–Trinajstić information content (AvgIpc) is 2.87. The number of thiophene rings is 1. The van der Waals surface area contributed by atoms with E-state index < -0.39 is 0 Å². The molecule has 1 amide bonds. The van der Waals surface area contributed by atoms with Crippen molar-refractivity contribution in [2.75, 3.05) is 12.4 Å². The maximum Gasteiger partial charge on any atom is 0.220 e. The first-order valence-electron chi connectivity index (χ1n) is 6.57. The Labute approximate surface area is 119 Å². The van der Waals surface area contributed by atoms with Gasteiger partial charge in [-0.2, -0.15) is 0 Å². The lowest BCUT2D eigenvalue weighted by molar-refractivity contribution is -0.121. The summed E-state index contributed by atoms with van der Waals surface area (Å²) in [6, 6.07) is 4.17. The molecule has 1 rings (SSSR count). The van der Waals surface area contributed by atoms with Gasteiger partial charge in [-0.25, -0.2) is 0 Å². The minimum Gasteiger partial charge on any atom is -0.356 e. The van der Waals surface area contributed by atoms with E-state index in [9.17, 15) is 4.79 Å². The van der Waals surface area contributed by atoms with Crippen LogP contribution in [0.1, 0.15) is 37.5 Å². The fourth-order valence-corrected chi connectivity index (χ4v) is 2.63. The number of rotatable bonds is 9. The van der Waals surface area contributed by atoms with Crippen LogP contribution in [0.2, 0.25) is 0 Å². The molecule has 0 spiro atoms. The predicted molar refractivity (Wildman–Crippen MR) is 79.4 cm³/mol. The molecule has 1 heterocycles. The number of aryl methyl sites for hydroxylation is 1. The summed E-state index contributed by atoms with van der Waals surface area (Å²) in [4.78, 5) is 12.9. The molecule has 0 radical (unpaired) electrons. The second kappa shape index (κ2) is 9.40. The molecule has 0 aliphatic rings. The van der Waals surface area contributed by atoms with Crippen LogP contribution in [0, 0.1) is 5.92 Å². The summed E-state index contributed by atoms with van der Waals surface area (Å²) in [5, 5.41) is 5.04. The highest BCUT2D eigenvalue weighted by Gasteiger charge is 2.03. The quantitative estimate of drug-likeness (QED) is 0.543. The predicted octanol–water partition coefficient (Wildman–Crippen LogP) is 3.84. The second-order valence-electron chi connectivity index (χ2n) is 4.68. The summed E-state index contributed by atoms with van der Waals surface area (Å²) in [5.74, 6) is 1.42. The van der Waals surface area contributed by atoms with Gasteiger partial charge in [0.2, 0.25) is 5.91 Å². The molecule has 2 nitrogen and oxygen atoms in total.